The van der Waals surface area contributed by atoms with Crippen molar-refractivity contribution in [3.05, 3.63) is 58.1 Å². The van der Waals surface area contributed by atoms with Crippen LogP contribution in [0.15, 0.2) is 30.3 Å². The van der Waals surface area contributed by atoms with Crippen molar-refractivity contribution >= 4 is 38.6 Å². The van der Waals surface area contributed by atoms with Crippen molar-refractivity contribution in [2.24, 2.45) is 0 Å². The third-order valence-corrected chi connectivity index (χ3v) is 5.28. The number of hydrogen-bond acceptors (Lipinski definition) is 5. The second kappa shape index (κ2) is 7.88. The predicted octanol–water partition coefficient (Wildman–Crippen LogP) is 4.25. The summed E-state index contributed by atoms with van der Waals surface area (Å²) in [6, 6.07) is 9.93. The average Bonchev–Trinajstić information content (AvgIpc) is 2.99. The number of esters is 1. The summed E-state index contributed by atoms with van der Waals surface area (Å²) >= 11 is 1.41. The van der Waals surface area contributed by atoms with E-state index in [4.69, 9.17) is 4.74 Å². The summed E-state index contributed by atoms with van der Waals surface area (Å²) < 4.78 is 6.12. The molecular weight excluding hydrogens is 360 g/mol. The molecule has 0 saturated carbocycles. The molecule has 0 aliphatic carbocycles. The largest absolute Gasteiger partial charge is 0.455 e. The first kappa shape index (κ1) is 19.0. The number of nitrogens with zero attached hydrogens (tertiary/aromatic N) is 1. The molecule has 140 valence electrons. The fraction of sp³-hybridized carbons (Fsp3) is 0.286. The molecule has 1 heterocycles. The number of rotatable bonds is 5. The first-order valence-electron chi connectivity index (χ1n) is 8.71. The van der Waals surface area contributed by atoms with Gasteiger partial charge in [0, 0.05) is 0 Å². The van der Waals surface area contributed by atoms with Gasteiger partial charge in [0.25, 0.3) is 5.91 Å². The van der Waals surface area contributed by atoms with Gasteiger partial charge < -0.3 is 4.74 Å². The Hall–Kier alpha value is -2.73. The summed E-state index contributed by atoms with van der Waals surface area (Å²) in [5.41, 5.74) is 6.28. The van der Waals surface area contributed by atoms with Crippen molar-refractivity contribution in [3.63, 3.8) is 0 Å². The van der Waals surface area contributed by atoms with Crippen molar-refractivity contribution in [3.8, 4) is 0 Å². The quantitative estimate of drug-likeness (QED) is 0.670. The molecule has 0 saturated heterocycles. The molecule has 0 fully saturated rings. The van der Waals surface area contributed by atoms with Crippen molar-refractivity contribution in [1.29, 1.82) is 0 Å². The number of hydrogen-bond donors (Lipinski definition) is 1. The highest BCUT2D eigenvalue weighted by molar-refractivity contribution is 7.22. The fourth-order valence-corrected chi connectivity index (χ4v) is 3.91. The predicted molar refractivity (Wildman–Crippen MR) is 108 cm³/mol. The Balaban J connectivity index is 1.55. The zero-order valence-corrected chi connectivity index (χ0v) is 16.7. The van der Waals surface area contributed by atoms with Gasteiger partial charge in [-0.15, -0.1) is 0 Å². The third kappa shape index (κ3) is 4.71. The highest BCUT2D eigenvalue weighted by Gasteiger charge is 2.12. The number of carbonyl (C=O) groups is 2. The van der Waals surface area contributed by atoms with Crippen LogP contribution in [0.3, 0.4) is 0 Å². The Kier molecular flexibility index (Phi) is 5.56. The molecule has 0 bridgehead atoms. The Morgan fingerprint density at radius 2 is 1.81 bits per heavy atom. The SMILES string of the molecule is Cc1cc(C)c2nc(NC(=O)COC(=O)Cc3ccc(C)c(C)c3)sc2c1. The molecule has 0 unspecified atom stereocenters. The number of benzene rings is 2. The number of ether oxygens (including phenoxy) is 1. The molecule has 0 atom stereocenters. The van der Waals surface area contributed by atoms with Crippen molar-refractivity contribution < 1.29 is 14.3 Å². The molecule has 27 heavy (non-hydrogen) atoms. The van der Waals surface area contributed by atoms with Crippen molar-refractivity contribution in [1.82, 2.24) is 4.98 Å². The maximum Gasteiger partial charge on any atom is 0.310 e. The lowest BCUT2D eigenvalue weighted by Crippen LogP contribution is -2.21. The van der Waals surface area contributed by atoms with Crippen LogP contribution in [0.2, 0.25) is 0 Å². The molecule has 5 nitrogen and oxygen atoms in total. The highest BCUT2D eigenvalue weighted by Crippen LogP contribution is 2.29. The second-order valence-corrected chi connectivity index (χ2v) is 7.78. The first-order chi connectivity index (χ1) is 12.8. The minimum atomic E-state index is -0.427. The van der Waals surface area contributed by atoms with E-state index in [1.165, 1.54) is 16.9 Å². The minimum Gasteiger partial charge on any atom is -0.455 e. The molecule has 3 aromatic rings. The van der Waals surface area contributed by atoms with Crippen LogP contribution in [-0.2, 0) is 20.7 Å². The van der Waals surface area contributed by atoms with Crippen LogP contribution in [0, 0.1) is 27.7 Å². The number of aromatic nitrogens is 1. The zero-order valence-electron chi connectivity index (χ0n) is 15.9. The highest BCUT2D eigenvalue weighted by atomic mass is 32.1. The number of aryl methyl sites for hydroxylation is 4. The second-order valence-electron chi connectivity index (χ2n) is 6.75. The Morgan fingerprint density at radius 1 is 1.04 bits per heavy atom. The number of fused-ring (bicyclic) bond motifs is 1. The third-order valence-electron chi connectivity index (χ3n) is 4.36. The molecule has 3 rings (SSSR count). The van der Waals surface area contributed by atoms with Gasteiger partial charge in [0.2, 0.25) is 0 Å². The number of nitrogens with one attached hydrogen (secondary N) is 1. The summed E-state index contributed by atoms with van der Waals surface area (Å²) in [5.74, 6) is -0.818. The van der Waals surface area contributed by atoms with Gasteiger partial charge >= 0.3 is 5.97 Å². The molecule has 0 spiro atoms. The minimum absolute atomic E-state index is 0.147. The normalized spacial score (nSPS) is 10.8. The van der Waals surface area contributed by atoms with E-state index in [0.717, 1.165) is 32.5 Å². The van der Waals surface area contributed by atoms with Crippen molar-refractivity contribution in [2.75, 3.05) is 11.9 Å². The van der Waals surface area contributed by atoms with Gasteiger partial charge in [0.1, 0.15) is 0 Å². The molecule has 0 radical (unpaired) electrons. The van der Waals surface area contributed by atoms with E-state index in [1.807, 2.05) is 52.0 Å². The lowest BCUT2D eigenvalue weighted by Gasteiger charge is -2.06. The summed E-state index contributed by atoms with van der Waals surface area (Å²) in [5, 5.41) is 3.21. The Morgan fingerprint density at radius 3 is 2.56 bits per heavy atom. The van der Waals surface area contributed by atoms with Crippen LogP contribution in [0.25, 0.3) is 10.2 Å². The molecule has 6 heteroatoms. The molecular formula is C21H22N2O3S. The molecule has 1 amide bonds. The van der Waals surface area contributed by atoms with Crippen molar-refractivity contribution in [2.45, 2.75) is 34.1 Å². The Labute approximate surface area is 162 Å². The van der Waals surface area contributed by atoms with Gasteiger partial charge in [-0.3, -0.25) is 14.9 Å². The topological polar surface area (TPSA) is 68.3 Å². The van der Waals surface area contributed by atoms with E-state index in [9.17, 15) is 9.59 Å². The molecule has 1 aromatic heterocycles. The molecule has 2 aromatic carbocycles. The summed E-state index contributed by atoms with van der Waals surface area (Å²) in [6.07, 6.45) is 0.147. The lowest BCUT2D eigenvalue weighted by atomic mass is 10.0. The number of thiazole rings is 1. The van der Waals surface area contributed by atoms with E-state index in [0.29, 0.717) is 5.13 Å². The summed E-state index contributed by atoms with van der Waals surface area (Å²) in [7, 11) is 0. The fourth-order valence-electron chi connectivity index (χ4n) is 2.86. The van der Waals surface area contributed by atoms with E-state index in [2.05, 4.69) is 16.4 Å². The molecule has 0 aliphatic heterocycles. The van der Waals surface area contributed by atoms with Crippen LogP contribution >= 0.6 is 11.3 Å². The van der Waals surface area contributed by atoms with E-state index >= 15 is 0 Å². The first-order valence-corrected chi connectivity index (χ1v) is 9.53. The van der Waals surface area contributed by atoms with Gasteiger partial charge in [-0.1, -0.05) is 35.6 Å². The number of carbonyl (C=O) groups excluding carboxylic acids is 2. The van der Waals surface area contributed by atoms with Crippen LogP contribution in [0.4, 0.5) is 5.13 Å². The molecule has 1 N–H and O–H groups in total. The van der Waals surface area contributed by atoms with Gasteiger partial charge in [-0.25, -0.2) is 4.98 Å². The number of amides is 1. The Bertz CT molecular complexity index is 1020. The monoisotopic (exact) mass is 382 g/mol. The lowest BCUT2D eigenvalue weighted by molar-refractivity contribution is -0.146. The van der Waals surface area contributed by atoms with E-state index < -0.39 is 11.9 Å². The van der Waals surface area contributed by atoms with Gasteiger partial charge in [-0.2, -0.15) is 0 Å². The van der Waals surface area contributed by atoms with Crippen LogP contribution in [-0.4, -0.2) is 23.5 Å². The summed E-state index contributed by atoms with van der Waals surface area (Å²) in [6.45, 7) is 7.72. The summed E-state index contributed by atoms with van der Waals surface area (Å²) in [4.78, 5) is 28.5. The average molecular weight is 382 g/mol. The maximum absolute atomic E-state index is 12.1. The number of anilines is 1. The van der Waals surface area contributed by atoms with Gasteiger partial charge in [0.05, 0.1) is 16.6 Å². The van der Waals surface area contributed by atoms with E-state index in [1.54, 1.807) is 0 Å². The maximum atomic E-state index is 12.1. The van der Waals surface area contributed by atoms with Crippen LogP contribution in [0.1, 0.15) is 27.8 Å². The van der Waals surface area contributed by atoms with Gasteiger partial charge in [-0.05, 0) is 61.6 Å². The smallest absolute Gasteiger partial charge is 0.310 e. The van der Waals surface area contributed by atoms with E-state index in [-0.39, 0.29) is 13.0 Å². The van der Waals surface area contributed by atoms with Gasteiger partial charge in [0.15, 0.2) is 11.7 Å². The van der Waals surface area contributed by atoms with Crippen LogP contribution in [0.5, 0.6) is 0 Å². The van der Waals surface area contributed by atoms with Crippen LogP contribution < -0.4 is 5.32 Å². The molecule has 0 aliphatic rings. The standard InChI is InChI=1S/C21H22N2O3S/c1-12-7-15(4)20-17(8-12)27-21(23-20)22-18(24)11-26-19(25)10-16-6-5-13(2)14(3)9-16/h5-9H,10-11H2,1-4H3,(H,22,23,24). The zero-order chi connectivity index (χ0) is 19.6.